The second-order valence-corrected chi connectivity index (χ2v) is 7.65. The van der Waals surface area contributed by atoms with Crippen molar-refractivity contribution < 1.29 is 14.1 Å². The van der Waals surface area contributed by atoms with E-state index in [1.807, 2.05) is 13.8 Å². The van der Waals surface area contributed by atoms with Crippen molar-refractivity contribution in [3.63, 3.8) is 0 Å². The molecule has 1 atom stereocenters. The molecule has 1 amide bonds. The summed E-state index contributed by atoms with van der Waals surface area (Å²) in [7, 11) is 0. The van der Waals surface area contributed by atoms with Gasteiger partial charge in [0.25, 0.3) is 5.91 Å². The van der Waals surface area contributed by atoms with E-state index in [9.17, 15) is 4.79 Å². The Morgan fingerprint density at radius 3 is 2.85 bits per heavy atom. The van der Waals surface area contributed by atoms with Crippen LogP contribution in [0, 0.1) is 19.8 Å². The van der Waals surface area contributed by atoms with Crippen molar-refractivity contribution in [1.29, 1.82) is 0 Å². The van der Waals surface area contributed by atoms with E-state index in [0.29, 0.717) is 24.8 Å². The summed E-state index contributed by atoms with van der Waals surface area (Å²) in [4.78, 5) is 22.4. The standard InChI is InChI=1S/C19H25N5O3/c1-13-16(14(2)27-23-13)9-24-11-19(12-24)4-3-15(10-26-19)7-22-18(25)17-8-20-5-6-21-17/h5-6,8,15H,3-4,7,9-12H2,1-2H3,(H,22,25). The van der Waals surface area contributed by atoms with Crippen molar-refractivity contribution in [2.24, 2.45) is 5.92 Å². The van der Waals surface area contributed by atoms with Gasteiger partial charge < -0.3 is 14.6 Å². The summed E-state index contributed by atoms with van der Waals surface area (Å²) in [5.41, 5.74) is 2.48. The molecule has 27 heavy (non-hydrogen) atoms. The number of nitrogens with zero attached hydrogens (tertiary/aromatic N) is 4. The van der Waals surface area contributed by atoms with E-state index in [4.69, 9.17) is 9.26 Å². The van der Waals surface area contributed by atoms with Crippen LogP contribution in [0.3, 0.4) is 0 Å². The number of hydrogen-bond donors (Lipinski definition) is 1. The third kappa shape index (κ3) is 3.86. The second kappa shape index (κ2) is 7.36. The number of aromatic nitrogens is 3. The van der Waals surface area contributed by atoms with Crippen molar-refractivity contribution in [2.45, 2.75) is 38.8 Å². The van der Waals surface area contributed by atoms with E-state index >= 15 is 0 Å². The van der Waals surface area contributed by atoms with Gasteiger partial charge in [0.1, 0.15) is 11.5 Å². The van der Waals surface area contributed by atoms with Crippen LogP contribution in [0.5, 0.6) is 0 Å². The lowest BCUT2D eigenvalue weighted by atomic mass is 9.82. The molecule has 0 radical (unpaired) electrons. The molecule has 1 spiro atoms. The number of likely N-dealkylation sites (tertiary alicyclic amines) is 1. The fourth-order valence-corrected chi connectivity index (χ4v) is 3.90. The van der Waals surface area contributed by atoms with E-state index in [1.165, 1.54) is 18.0 Å². The molecule has 4 heterocycles. The van der Waals surface area contributed by atoms with Gasteiger partial charge in [-0.3, -0.25) is 14.7 Å². The monoisotopic (exact) mass is 371 g/mol. The van der Waals surface area contributed by atoms with Crippen LogP contribution in [-0.4, -0.2) is 57.8 Å². The maximum Gasteiger partial charge on any atom is 0.271 e. The van der Waals surface area contributed by atoms with Gasteiger partial charge in [0, 0.05) is 44.1 Å². The molecule has 0 aromatic carbocycles. The van der Waals surface area contributed by atoms with Crippen LogP contribution in [0.2, 0.25) is 0 Å². The molecule has 2 fully saturated rings. The Kier molecular flexibility index (Phi) is 4.92. The number of carbonyl (C=O) groups is 1. The summed E-state index contributed by atoms with van der Waals surface area (Å²) in [6, 6.07) is 0. The van der Waals surface area contributed by atoms with Crippen molar-refractivity contribution in [2.75, 3.05) is 26.2 Å². The first-order chi connectivity index (χ1) is 13.0. The fraction of sp³-hybridized carbons (Fsp3) is 0.579. The van der Waals surface area contributed by atoms with Gasteiger partial charge >= 0.3 is 0 Å². The van der Waals surface area contributed by atoms with Crippen molar-refractivity contribution >= 4 is 5.91 Å². The zero-order valence-corrected chi connectivity index (χ0v) is 15.8. The number of rotatable bonds is 5. The van der Waals surface area contributed by atoms with Crippen LogP contribution in [0.15, 0.2) is 23.1 Å². The molecule has 2 saturated heterocycles. The minimum absolute atomic E-state index is 0.0234. The first-order valence-corrected chi connectivity index (χ1v) is 9.37. The van der Waals surface area contributed by atoms with E-state index < -0.39 is 0 Å². The average molecular weight is 371 g/mol. The maximum absolute atomic E-state index is 12.1. The van der Waals surface area contributed by atoms with Gasteiger partial charge in [0.2, 0.25) is 0 Å². The molecule has 2 aliphatic heterocycles. The highest BCUT2D eigenvalue weighted by Gasteiger charge is 2.46. The van der Waals surface area contributed by atoms with Crippen molar-refractivity contribution in [3.8, 4) is 0 Å². The smallest absolute Gasteiger partial charge is 0.271 e. The molecule has 1 N–H and O–H groups in total. The molecule has 8 nitrogen and oxygen atoms in total. The van der Waals surface area contributed by atoms with Crippen LogP contribution in [0.1, 0.15) is 40.3 Å². The number of amides is 1. The van der Waals surface area contributed by atoms with Crippen LogP contribution >= 0.6 is 0 Å². The third-order valence-electron chi connectivity index (χ3n) is 5.57. The zero-order valence-electron chi connectivity index (χ0n) is 15.8. The predicted molar refractivity (Wildman–Crippen MR) is 97.0 cm³/mol. The normalized spacial score (nSPS) is 21.8. The lowest BCUT2D eigenvalue weighted by molar-refractivity contribution is -0.181. The Morgan fingerprint density at radius 2 is 2.22 bits per heavy atom. The summed E-state index contributed by atoms with van der Waals surface area (Å²) >= 11 is 0. The van der Waals surface area contributed by atoms with Gasteiger partial charge in [-0.25, -0.2) is 4.98 Å². The van der Waals surface area contributed by atoms with Crippen LogP contribution in [-0.2, 0) is 11.3 Å². The lowest BCUT2D eigenvalue weighted by Gasteiger charge is -2.53. The Labute approximate surface area is 158 Å². The molecule has 1 unspecified atom stereocenters. The summed E-state index contributed by atoms with van der Waals surface area (Å²) in [5, 5.41) is 6.96. The minimum Gasteiger partial charge on any atom is -0.372 e. The average Bonchev–Trinajstić information content (AvgIpc) is 2.98. The molecule has 144 valence electrons. The van der Waals surface area contributed by atoms with Gasteiger partial charge in [-0.05, 0) is 32.6 Å². The van der Waals surface area contributed by atoms with E-state index in [0.717, 1.165) is 43.9 Å². The molecule has 0 bridgehead atoms. The van der Waals surface area contributed by atoms with Crippen LogP contribution in [0.25, 0.3) is 0 Å². The Bertz CT molecular complexity index is 771. The topological polar surface area (TPSA) is 93.4 Å². The molecular weight excluding hydrogens is 346 g/mol. The first kappa shape index (κ1) is 18.1. The van der Waals surface area contributed by atoms with Gasteiger partial charge in [-0.15, -0.1) is 0 Å². The van der Waals surface area contributed by atoms with E-state index in [-0.39, 0.29) is 11.5 Å². The number of ether oxygens (including phenoxy) is 1. The largest absolute Gasteiger partial charge is 0.372 e. The molecule has 2 aromatic rings. The van der Waals surface area contributed by atoms with E-state index in [1.54, 1.807) is 6.20 Å². The van der Waals surface area contributed by atoms with Crippen molar-refractivity contribution in [1.82, 2.24) is 25.3 Å². The summed E-state index contributed by atoms with van der Waals surface area (Å²) in [6.07, 6.45) is 6.63. The minimum atomic E-state index is -0.183. The second-order valence-electron chi connectivity index (χ2n) is 7.65. The molecule has 0 saturated carbocycles. The maximum atomic E-state index is 12.1. The highest BCUT2D eigenvalue weighted by atomic mass is 16.5. The molecule has 4 rings (SSSR count). The predicted octanol–water partition coefficient (Wildman–Crippen LogP) is 1.49. The number of hydrogen-bond acceptors (Lipinski definition) is 7. The molecule has 8 heteroatoms. The molecule has 2 aliphatic rings. The third-order valence-corrected chi connectivity index (χ3v) is 5.57. The number of aryl methyl sites for hydroxylation is 2. The Hall–Kier alpha value is -2.32. The van der Waals surface area contributed by atoms with Crippen molar-refractivity contribution in [3.05, 3.63) is 41.3 Å². The summed E-state index contributed by atoms with van der Waals surface area (Å²) < 4.78 is 11.4. The Balaban J connectivity index is 1.20. The van der Waals surface area contributed by atoms with Gasteiger partial charge in [-0.2, -0.15) is 0 Å². The molecule has 2 aromatic heterocycles. The van der Waals surface area contributed by atoms with Crippen LogP contribution < -0.4 is 5.32 Å². The lowest BCUT2D eigenvalue weighted by Crippen LogP contribution is -2.64. The Morgan fingerprint density at radius 1 is 1.37 bits per heavy atom. The summed E-state index contributed by atoms with van der Waals surface area (Å²) in [5.74, 6) is 1.06. The highest BCUT2D eigenvalue weighted by molar-refractivity contribution is 5.91. The highest BCUT2D eigenvalue weighted by Crippen LogP contribution is 2.37. The molecular formula is C19H25N5O3. The fourth-order valence-electron chi connectivity index (χ4n) is 3.90. The molecule has 0 aliphatic carbocycles. The summed E-state index contributed by atoms with van der Waals surface area (Å²) in [6.45, 7) is 7.98. The van der Waals surface area contributed by atoms with Gasteiger partial charge in [0.15, 0.2) is 0 Å². The first-order valence-electron chi connectivity index (χ1n) is 9.37. The van der Waals surface area contributed by atoms with Crippen LogP contribution in [0.4, 0.5) is 0 Å². The number of carbonyl (C=O) groups excluding carboxylic acids is 1. The van der Waals surface area contributed by atoms with Gasteiger partial charge in [-0.1, -0.05) is 5.16 Å². The quantitative estimate of drug-likeness (QED) is 0.851. The van der Waals surface area contributed by atoms with E-state index in [2.05, 4.69) is 25.3 Å². The zero-order chi connectivity index (χ0) is 18.9. The SMILES string of the molecule is Cc1noc(C)c1CN1CC2(CCC(CNC(=O)c3cnccn3)CO2)C1. The van der Waals surface area contributed by atoms with Gasteiger partial charge in [0.05, 0.1) is 24.1 Å². The number of nitrogens with one attached hydrogen (secondary N) is 1.